The molecule has 0 radical (unpaired) electrons. The first-order valence-electron chi connectivity index (χ1n) is 2.42. The minimum absolute atomic E-state index is 0. The summed E-state index contributed by atoms with van der Waals surface area (Å²) < 4.78 is 0. The molecule has 10 heavy (non-hydrogen) atoms. The van der Waals surface area contributed by atoms with Gasteiger partial charge in [0.1, 0.15) is 12.5 Å². The molecule has 0 aromatic heterocycles. The number of para-hydroxylation sites is 1. The highest BCUT2D eigenvalue weighted by Gasteiger charge is 1.74. The smallest absolute Gasteiger partial charge is 0.187 e. The number of hydrogen-bond donors (Lipinski definition) is 1. The highest BCUT2D eigenvalue weighted by atomic mass is 27.0. The van der Waals surface area contributed by atoms with Crippen molar-refractivity contribution in [2.45, 2.75) is 0 Å². The Hall–Kier alpha value is -0.778. The van der Waals surface area contributed by atoms with E-state index in [-0.39, 0.29) is 17.4 Å². The summed E-state index contributed by atoms with van der Waals surface area (Å²) in [6.45, 7) is 2.00. The Kier molecular flexibility index (Phi) is 9.83. The van der Waals surface area contributed by atoms with Crippen LogP contribution in [0.5, 0.6) is 5.75 Å². The van der Waals surface area contributed by atoms with E-state index in [1.807, 2.05) is 12.9 Å². The van der Waals surface area contributed by atoms with E-state index in [1.54, 1.807) is 24.3 Å². The molecule has 0 aliphatic heterocycles. The number of aromatic hydroxyl groups is 1. The third-order valence-corrected chi connectivity index (χ3v) is 0.756. The summed E-state index contributed by atoms with van der Waals surface area (Å²) in [5.41, 5.74) is 0. The van der Waals surface area contributed by atoms with Crippen LogP contribution in [0.4, 0.5) is 0 Å². The number of phenols is 1. The fourth-order valence-electron chi connectivity index (χ4n) is 0.428. The molecule has 54 valence electrons. The molecule has 0 aliphatic rings. The molecule has 1 N–H and O–H groups in total. The molecule has 0 saturated heterocycles. The van der Waals surface area contributed by atoms with Crippen molar-refractivity contribution < 1.29 is 9.90 Å². The monoisotopic (exact) mass is 154 g/mol. The van der Waals surface area contributed by atoms with Crippen LogP contribution in [0.25, 0.3) is 0 Å². The molecule has 0 bridgehead atoms. The van der Waals surface area contributed by atoms with E-state index < -0.39 is 0 Å². The SMILES string of the molecule is C=O.Oc1ccccc1.[AlH3]. The maximum absolute atomic E-state index is 8.63. The van der Waals surface area contributed by atoms with Gasteiger partial charge in [0.15, 0.2) is 17.4 Å². The topological polar surface area (TPSA) is 37.3 Å². The summed E-state index contributed by atoms with van der Waals surface area (Å²) >= 11 is 0. The second-order valence-electron chi connectivity index (χ2n) is 1.34. The van der Waals surface area contributed by atoms with Gasteiger partial charge in [-0.1, -0.05) is 18.2 Å². The average Bonchev–Trinajstić information content (AvgIpc) is 1.94. The molecule has 0 aliphatic carbocycles. The first-order valence-corrected chi connectivity index (χ1v) is 2.42. The van der Waals surface area contributed by atoms with Crippen molar-refractivity contribution in [3.63, 3.8) is 0 Å². The number of hydrogen-bond acceptors (Lipinski definition) is 2. The maximum atomic E-state index is 8.63. The van der Waals surface area contributed by atoms with Crippen LogP contribution in [0.15, 0.2) is 30.3 Å². The van der Waals surface area contributed by atoms with Crippen molar-refractivity contribution in [3.8, 4) is 5.75 Å². The molecule has 0 fully saturated rings. The zero-order valence-corrected chi connectivity index (χ0v) is 4.95. The Labute approximate surface area is 70.6 Å². The van der Waals surface area contributed by atoms with E-state index in [0.29, 0.717) is 5.75 Å². The van der Waals surface area contributed by atoms with Crippen LogP contribution in [0.3, 0.4) is 0 Å². The van der Waals surface area contributed by atoms with Gasteiger partial charge in [0.25, 0.3) is 0 Å². The van der Waals surface area contributed by atoms with Crippen molar-refractivity contribution in [1.82, 2.24) is 0 Å². The van der Waals surface area contributed by atoms with E-state index in [2.05, 4.69) is 0 Å². The van der Waals surface area contributed by atoms with Gasteiger partial charge in [-0.05, 0) is 12.1 Å². The van der Waals surface area contributed by atoms with Crippen molar-refractivity contribution in [2.75, 3.05) is 0 Å². The lowest BCUT2D eigenvalue weighted by Crippen LogP contribution is -1.56. The van der Waals surface area contributed by atoms with Crippen LogP contribution < -0.4 is 0 Å². The van der Waals surface area contributed by atoms with Gasteiger partial charge in [0.05, 0.1) is 0 Å². The summed E-state index contributed by atoms with van der Waals surface area (Å²) in [6, 6.07) is 8.71. The summed E-state index contributed by atoms with van der Waals surface area (Å²) in [5.74, 6) is 0.322. The zero-order valence-electron chi connectivity index (χ0n) is 4.95. The Morgan fingerprint density at radius 1 is 1.10 bits per heavy atom. The lowest BCUT2D eigenvalue weighted by Gasteiger charge is -1.82. The van der Waals surface area contributed by atoms with E-state index in [9.17, 15) is 0 Å². The van der Waals surface area contributed by atoms with Gasteiger partial charge >= 0.3 is 0 Å². The summed E-state index contributed by atoms with van der Waals surface area (Å²) in [6.07, 6.45) is 0. The van der Waals surface area contributed by atoms with Crippen LogP contribution in [-0.2, 0) is 4.79 Å². The first kappa shape index (κ1) is 12.0. The summed E-state index contributed by atoms with van der Waals surface area (Å²) in [5, 5.41) is 8.63. The summed E-state index contributed by atoms with van der Waals surface area (Å²) in [7, 11) is 0. The Bertz CT molecular complexity index is 153. The van der Waals surface area contributed by atoms with Crippen molar-refractivity contribution in [1.29, 1.82) is 0 Å². The lowest BCUT2D eigenvalue weighted by molar-refractivity contribution is -0.0979. The number of benzene rings is 1. The molecule has 1 aromatic rings. The number of phenolic OH excluding ortho intramolecular Hbond substituents is 1. The molecule has 0 atom stereocenters. The molecular formula is C7H11AlO2. The predicted octanol–water partition coefficient (Wildman–Crippen LogP) is 0.0234. The fourth-order valence-corrected chi connectivity index (χ4v) is 0.428. The molecule has 1 aromatic carbocycles. The molecule has 1 rings (SSSR count). The number of carbonyl (C=O) groups is 1. The van der Waals surface area contributed by atoms with Gasteiger partial charge in [-0.25, -0.2) is 0 Å². The molecule has 0 amide bonds. The van der Waals surface area contributed by atoms with Crippen LogP contribution in [0, 0.1) is 0 Å². The summed E-state index contributed by atoms with van der Waals surface area (Å²) in [4.78, 5) is 8.00. The van der Waals surface area contributed by atoms with Gasteiger partial charge < -0.3 is 9.90 Å². The van der Waals surface area contributed by atoms with E-state index in [4.69, 9.17) is 9.90 Å². The van der Waals surface area contributed by atoms with Crippen LogP contribution in [-0.4, -0.2) is 29.3 Å². The minimum Gasteiger partial charge on any atom is -0.508 e. The fraction of sp³-hybridized carbons (Fsp3) is 0. The van der Waals surface area contributed by atoms with Gasteiger partial charge in [-0.3, -0.25) is 0 Å². The van der Waals surface area contributed by atoms with Gasteiger partial charge in [-0.15, -0.1) is 0 Å². The molecular weight excluding hydrogens is 143 g/mol. The third-order valence-electron chi connectivity index (χ3n) is 0.756. The standard InChI is InChI=1S/C6H6O.CH2O.Al.3H/c7-6-4-2-1-3-5-6;1-2;;;;/h1-5,7H;1H2;;;;. The largest absolute Gasteiger partial charge is 0.508 e. The van der Waals surface area contributed by atoms with Crippen molar-refractivity contribution >= 4 is 24.2 Å². The highest BCUT2D eigenvalue weighted by Crippen LogP contribution is 2.02. The highest BCUT2D eigenvalue weighted by molar-refractivity contribution is 5.75. The second kappa shape index (κ2) is 8.22. The van der Waals surface area contributed by atoms with E-state index in [1.165, 1.54) is 0 Å². The molecule has 0 saturated carbocycles. The third kappa shape index (κ3) is 5.36. The Morgan fingerprint density at radius 2 is 1.50 bits per heavy atom. The van der Waals surface area contributed by atoms with Crippen LogP contribution in [0.2, 0.25) is 0 Å². The second-order valence-corrected chi connectivity index (χ2v) is 1.34. The van der Waals surface area contributed by atoms with E-state index in [0.717, 1.165) is 0 Å². The first-order chi connectivity index (χ1) is 4.39. The number of rotatable bonds is 0. The van der Waals surface area contributed by atoms with Gasteiger partial charge in [-0.2, -0.15) is 0 Å². The van der Waals surface area contributed by atoms with Crippen LogP contribution >= 0.6 is 0 Å². The Balaban J connectivity index is 0. The van der Waals surface area contributed by atoms with Crippen molar-refractivity contribution in [3.05, 3.63) is 30.3 Å². The molecule has 0 unspecified atom stereocenters. The quantitative estimate of drug-likeness (QED) is 0.535. The molecule has 0 heterocycles. The average molecular weight is 154 g/mol. The lowest BCUT2D eigenvalue weighted by atomic mass is 10.3. The zero-order chi connectivity index (χ0) is 7.11. The van der Waals surface area contributed by atoms with Gasteiger partial charge in [0.2, 0.25) is 0 Å². The predicted molar refractivity (Wildman–Crippen MR) is 45.2 cm³/mol. The molecule has 3 heteroatoms. The van der Waals surface area contributed by atoms with Crippen molar-refractivity contribution in [2.24, 2.45) is 0 Å². The van der Waals surface area contributed by atoms with Crippen LogP contribution in [0.1, 0.15) is 0 Å². The number of carbonyl (C=O) groups excluding carboxylic acids is 1. The molecule has 0 spiro atoms. The normalized spacial score (nSPS) is 6.40. The minimum atomic E-state index is 0. The van der Waals surface area contributed by atoms with E-state index >= 15 is 0 Å². The maximum Gasteiger partial charge on any atom is 0.187 e. The molecule has 2 nitrogen and oxygen atoms in total. The Morgan fingerprint density at radius 3 is 1.70 bits per heavy atom. The van der Waals surface area contributed by atoms with Gasteiger partial charge in [0, 0.05) is 0 Å².